The number of sulfonamides is 1. The molecule has 0 saturated heterocycles. The van der Waals surface area contributed by atoms with Gasteiger partial charge in [0, 0.05) is 25.5 Å². The summed E-state index contributed by atoms with van der Waals surface area (Å²) in [5.74, 6) is 0.296. The smallest absolute Gasteiger partial charge is 0.311 e. The first-order valence-electron chi connectivity index (χ1n) is 8.92. The lowest BCUT2D eigenvalue weighted by Gasteiger charge is -2.11. The molecular weight excluding hydrogens is 398 g/mol. The third-order valence-electron chi connectivity index (χ3n) is 4.29. The Hall–Kier alpha value is -2.23. The molecule has 0 spiro atoms. The van der Waals surface area contributed by atoms with Crippen molar-refractivity contribution in [2.24, 2.45) is 0 Å². The van der Waals surface area contributed by atoms with Crippen LogP contribution in [0, 0.1) is 0 Å². The number of ether oxygens (including phenoxy) is 1. The zero-order chi connectivity index (χ0) is 20.3. The molecule has 0 aliphatic carbocycles. The zero-order valence-corrected chi connectivity index (χ0v) is 17.7. The van der Waals surface area contributed by atoms with E-state index >= 15 is 0 Å². The predicted octanol–water partition coefficient (Wildman–Crippen LogP) is 3.04. The third kappa shape index (κ3) is 4.26. The number of fused-ring (bicyclic) bond motifs is 1. The average molecular weight is 422 g/mol. The third-order valence-corrected chi connectivity index (χ3v) is 6.97. The summed E-state index contributed by atoms with van der Waals surface area (Å²) in [5.41, 5.74) is 1.39. The van der Waals surface area contributed by atoms with Crippen LogP contribution in [-0.2, 0) is 39.1 Å². The maximum absolute atomic E-state index is 12.4. The van der Waals surface area contributed by atoms with Crippen LogP contribution in [0.5, 0.6) is 0 Å². The Morgan fingerprint density at radius 3 is 2.71 bits per heavy atom. The van der Waals surface area contributed by atoms with E-state index in [2.05, 4.69) is 4.98 Å². The van der Waals surface area contributed by atoms with Crippen LogP contribution >= 0.6 is 11.3 Å². The van der Waals surface area contributed by atoms with Crippen LogP contribution in [0.2, 0.25) is 0 Å². The number of imidazole rings is 1. The highest BCUT2D eigenvalue weighted by Gasteiger charge is 2.20. The number of hydrogen-bond acceptors (Lipinski definition) is 6. The van der Waals surface area contributed by atoms with Gasteiger partial charge in [-0.25, -0.2) is 17.7 Å². The van der Waals surface area contributed by atoms with Crippen molar-refractivity contribution < 1.29 is 17.9 Å². The Balaban J connectivity index is 1.86. The average Bonchev–Trinajstić information content (AvgIpc) is 3.27. The van der Waals surface area contributed by atoms with E-state index in [-0.39, 0.29) is 23.9 Å². The standard InChI is InChI=1S/C19H23N3O4S2/c1-4-9-22-17-8-7-15(28(24,25)21(2)3)12-16(17)20-18(22)13-26-19(23)11-14-6-5-10-27-14/h5-8,10,12H,4,9,11,13H2,1-3H3. The number of aromatic nitrogens is 2. The molecule has 2 heterocycles. The summed E-state index contributed by atoms with van der Waals surface area (Å²) >= 11 is 1.51. The van der Waals surface area contributed by atoms with E-state index in [9.17, 15) is 13.2 Å². The number of aryl methyl sites for hydroxylation is 1. The van der Waals surface area contributed by atoms with Gasteiger partial charge in [0.25, 0.3) is 0 Å². The number of rotatable bonds is 8. The summed E-state index contributed by atoms with van der Waals surface area (Å²) in [5, 5.41) is 1.92. The lowest BCUT2D eigenvalue weighted by atomic mass is 10.3. The number of esters is 1. The summed E-state index contributed by atoms with van der Waals surface area (Å²) in [4.78, 5) is 17.8. The van der Waals surface area contributed by atoms with Crippen LogP contribution in [0.3, 0.4) is 0 Å². The summed E-state index contributed by atoms with van der Waals surface area (Å²) in [6.07, 6.45) is 1.11. The Kier molecular flexibility index (Phi) is 6.17. The van der Waals surface area contributed by atoms with Crippen LogP contribution < -0.4 is 0 Å². The SMILES string of the molecule is CCCn1c(COC(=O)Cc2cccs2)nc2cc(S(=O)(=O)N(C)C)ccc21. The number of hydrogen-bond donors (Lipinski definition) is 0. The van der Waals surface area contributed by atoms with Gasteiger partial charge in [0.05, 0.1) is 22.3 Å². The van der Waals surface area contributed by atoms with Crippen LogP contribution in [-0.4, -0.2) is 42.3 Å². The summed E-state index contributed by atoms with van der Waals surface area (Å²) in [6.45, 7) is 2.80. The van der Waals surface area contributed by atoms with Gasteiger partial charge in [-0.2, -0.15) is 0 Å². The first-order chi connectivity index (χ1) is 13.3. The highest BCUT2D eigenvalue weighted by Crippen LogP contribution is 2.23. The molecule has 9 heteroatoms. The lowest BCUT2D eigenvalue weighted by molar-refractivity contribution is -0.144. The van der Waals surface area contributed by atoms with Gasteiger partial charge in [0.1, 0.15) is 12.4 Å². The highest BCUT2D eigenvalue weighted by atomic mass is 32.2. The maximum Gasteiger partial charge on any atom is 0.311 e. The molecule has 150 valence electrons. The molecule has 0 amide bonds. The molecule has 2 aromatic heterocycles. The van der Waals surface area contributed by atoms with Gasteiger partial charge in [-0.1, -0.05) is 13.0 Å². The largest absolute Gasteiger partial charge is 0.457 e. The van der Waals surface area contributed by atoms with Gasteiger partial charge < -0.3 is 9.30 Å². The Bertz CT molecular complexity index is 1070. The number of benzene rings is 1. The van der Waals surface area contributed by atoms with Gasteiger partial charge >= 0.3 is 5.97 Å². The van der Waals surface area contributed by atoms with Gasteiger partial charge in [-0.15, -0.1) is 11.3 Å². The second kappa shape index (κ2) is 8.42. The van der Waals surface area contributed by atoms with Gasteiger partial charge in [-0.05, 0) is 36.1 Å². The number of thiophene rings is 1. The Morgan fingerprint density at radius 2 is 2.07 bits per heavy atom. The molecule has 0 unspecified atom stereocenters. The molecule has 3 rings (SSSR count). The minimum absolute atomic E-state index is 0.0503. The molecule has 0 bridgehead atoms. The normalized spacial score (nSPS) is 12.0. The van der Waals surface area contributed by atoms with Crippen molar-refractivity contribution in [1.29, 1.82) is 0 Å². The van der Waals surface area contributed by atoms with Crippen LogP contribution in [0.25, 0.3) is 11.0 Å². The summed E-state index contributed by atoms with van der Waals surface area (Å²) in [7, 11) is -0.552. The van der Waals surface area contributed by atoms with Gasteiger partial charge in [0.2, 0.25) is 10.0 Å². The fraction of sp³-hybridized carbons (Fsp3) is 0.368. The van der Waals surface area contributed by atoms with Gasteiger partial charge in [-0.3, -0.25) is 4.79 Å². The van der Waals surface area contributed by atoms with Crippen LogP contribution in [0.4, 0.5) is 0 Å². The molecule has 0 aliphatic heterocycles. The molecule has 7 nitrogen and oxygen atoms in total. The second-order valence-corrected chi connectivity index (χ2v) is 9.72. The minimum Gasteiger partial charge on any atom is -0.457 e. The molecule has 28 heavy (non-hydrogen) atoms. The zero-order valence-electron chi connectivity index (χ0n) is 16.1. The number of carbonyl (C=O) groups excluding carboxylic acids is 1. The van der Waals surface area contributed by atoms with Crippen molar-refractivity contribution in [3.63, 3.8) is 0 Å². The van der Waals surface area contributed by atoms with E-state index in [1.165, 1.54) is 29.7 Å². The van der Waals surface area contributed by atoms with E-state index in [0.717, 1.165) is 16.8 Å². The highest BCUT2D eigenvalue weighted by molar-refractivity contribution is 7.89. The predicted molar refractivity (Wildman–Crippen MR) is 109 cm³/mol. The van der Waals surface area contributed by atoms with E-state index in [1.54, 1.807) is 18.2 Å². The Morgan fingerprint density at radius 1 is 1.29 bits per heavy atom. The van der Waals surface area contributed by atoms with E-state index < -0.39 is 10.0 Å². The maximum atomic E-state index is 12.4. The van der Waals surface area contributed by atoms with Crippen molar-refractivity contribution in [1.82, 2.24) is 13.9 Å². The van der Waals surface area contributed by atoms with E-state index in [0.29, 0.717) is 17.9 Å². The molecule has 0 aliphatic rings. The molecule has 3 aromatic rings. The van der Waals surface area contributed by atoms with E-state index in [4.69, 9.17) is 4.74 Å². The van der Waals surface area contributed by atoms with Crippen LogP contribution in [0.15, 0.2) is 40.6 Å². The molecule has 0 N–H and O–H groups in total. The summed E-state index contributed by atoms with van der Waals surface area (Å²) < 4.78 is 33.3. The molecule has 1 aromatic carbocycles. The fourth-order valence-electron chi connectivity index (χ4n) is 2.87. The Labute approximate surface area is 168 Å². The number of nitrogens with zero attached hydrogens (tertiary/aromatic N) is 3. The molecule has 0 atom stereocenters. The van der Waals surface area contributed by atoms with Crippen molar-refractivity contribution in [3.05, 3.63) is 46.4 Å². The second-order valence-electron chi connectivity index (χ2n) is 6.53. The monoisotopic (exact) mass is 421 g/mol. The molecular formula is C19H23N3O4S2. The number of carbonyl (C=O) groups is 1. The molecule has 0 saturated carbocycles. The van der Waals surface area contributed by atoms with Crippen molar-refractivity contribution in [3.8, 4) is 0 Å². The topological polar surface area (TPSA) is 81.5 Å². The van der Waals surface area contributed by atoms with Crippen molar-refractivity contribution >= 4 is 38.4 Å². The molecule has 0 fully saturated rings. The van der Waals surface area contributed by atoms with Crippen LogP contribution in [0.1, 0.15) is 24.0 Å². The summed E-state index contributed by atoms with van der Waals surface area (Å²) in [6, 6.07) is 8.69. The van der Waals surface area contributed by atoms with Crippen molar-refractivity contribution in [2.45, 2.75) is 37.8 Å². The fourth-order valence-corrected chi connectivity index (χ4v) is 4.48. The first-order valence-corrected chi connectivity index (χ1v) is 11.2. The van der Waals surface area contributed by atoms with Crippen molar-refractivity contribution in [2.75, 3.05) is 14.1 Å². The molecule has 0 radical (unpaired) electrons. The van der Waals surface area contributed by atoms with Gasteiger partial charge in [0.15, 0.2) is 0 Å². The minimum atomic E-state index is -3.54. The lowest BCUT2D eigenvalue weighted by Crippen LogP contribution is -2.22. The first kappa shape index (κ1) is 20.5. The quantitative estimate of drug-likeness (QED) is 0.522. The van der Waals surface area contributed by atoms with E-state index in [1.807, 2.05) is 29.0 Å².